The SMILES string of the molecule is CCc1cccc(NC(N)=NCC(C(=O)N2CCOCC2)c2ccccc2)c1.I. The maximum absolute atomic E-state index is 13.1. The number of ether oxygens (including phenoxy) is 1. The summed E-state index contributed by atoms with van der Waals surface area (Å²) in [7, 11) is 0. The molecule has 156 valence electrons. The quantitative estimate of drug-likeness (QED) is 0.357. The van der Waals surface area contributed by atoms with Crippen LogP contribution >= 0.6 is 24.0 Å². The van der Waals surface area contributed by atoms with Gasteiger partial charge in [-0.15, -0.1) is 24.0 Å². The summed E-state index contributed by atoms with van der Waals surface area (Å²) < 4.78 is 5.37. The minimum Gasteiger partial charge on any atom is -0.378 e. The maximum atomic E-state index is 13.1. The lowest BCUT2D eigenvalue weighted by Gasteiger charge is -2.30. The molecule has 0 spiro atoms. The molecule has 3 rings (SSSR count). The first-order valence-electron chi connectivity index (χ1n) is 9.74. The lowest BCUT2D eigenvalue weighted by molar-refractivity contribution is -0.136. The van der Waals surface area contributed by atoms with Gasteiger partial charge in [-0.3, -0.25) is 9.79 Å². The first kappa shape index (κ1) is 23.2. The number of hydrogen-bond donors (Lipinski definition) is 2. The molecule has 7 heteroatoms. The molecular weight excluding hydrogens is 479 g/mol. The highest BCUT2D eigenvalue weighted by atomic mass is 127. The average Bonchev–Trinajstić information content (AvgIpc) is 2.75. The summed E-state index contributed by atoms with van der Waals surface area (Å²) in [6.07, 6.45) is 0.955. The van der Waals surface area contributed by atoms with Crippen molar-refractivity contribution < 1.29 is 9.53 Å². The predicted octanol–water partition coefficient (Wildman–Crippen LogP) is 3.24. The minimum absolute atomic E-state index is 0. The number of aryl methyl sites for hydroxylation is 1. The summed E-state index contributed by atoms with van der Waals surface area (Å²) in [5.74, 6) is 0.0182. The van der Waals surface area contributed by atoms with Crippen molar-refractivity contribution in [2.75, 3.05) is 38.2 Å². The molecule has 3 N–H and O–H groups in total. The van der Waals surface area contributed by atoms with Crippen molar-refractivity contribution >= 4 is 41.5 Å². The Morgan fingerprint density at radius 3 is 2.59 bits per heavy atom. The second-order valence-electron chi connectivity index (χ2n) is 6.81. The fraction of sp³-hybridized carbons (Fsp3) is 0.364. The lowest BCUT2D eigenvalue weighted by Crippen LogP contribution is -2.43. The van der Waals surface area contributed by atoms with Crippen LogP contribution in [0, 0.1) is 0 Å². The zero-order chi connectivity index (χ0) is 19.8. The van der Waals surface area contributed by atoms with Crippen LogP contribution in [-0.4, -0.2) is 49.6 Å². The van der Waals surface area contributed by atoms with Gasteiger partial charge in [0.25, 0.3) is 0 Å². The number of guanidine groups is 1. The molecule has 29 heavy (non-hydrogen) atoms. The highest BCUT2D eigenvalue weighted by molar-refractivity contribution is 14.0. The van der Waals surface area contributed by atoms with Crippen LogP contribution in [0.1, 0.15) is 24.0 Å². The standard InChI is InChI=1S/C22H28N4O2.HI/c1-2-17-7-6-10-19(15-17)25-22(23)24-16-20(18-8-4-3-5-9-18)21(27)26-11-13-28-14-12-26;/h3-10,15,20H,2,11-14,16H2,1H3,(H3,23,24,25);1H. The third-order valence-electron chi connectivity index (χ3n) is 4.87. The predicted molar refractivity (Wildman–Crippen MR) is 128 cm³/mol. The van der Waals surface area contributed by atoms with Crippen LogP contribution in [0.15, 0.2) is 59.6 Å². The van der Waals surface area contributed by atoms with Crippen LogP contribution < -0.4 is 11.1 Å². The number of morpholine rings is 1. The minimum atomic E-state index is -0.360. The normalized spacial score (nSPS) is 15.3. The number of amides is 1. The molecule has 1 fully saturated rings. The van der Waals surface area contributed by atoms with Gasteiger partial charge in [0, 0.05) is 18.8 Å². The van der Waals surface area contributed by atoms with Crippen LogP contribution in [0.5, 0.6) is 0 Å². The smallest absolute Gasteiger partial charge is 0.232 e. The third-order valence-corrected chi connectivity index (χ3v) is 4.87. The van der Waals surface area contributed by atoms with Gasteiger partial charge in [-0.25, -0.2) is 0 Å². The molecule has 0 aromatic heterocycles. The Morgan fingerprint density at radius 1 is 1.17 bits per heavy atom. The van der Waals surface area contributed by atoms with Gasteiger partial charge in [-0.05, 0) is 29.7 Å². The van der Waals surface area contributed by atoms with Gasteiger partial charge in [-0.2, -0.15) is 0 Å². The summed E-state index contributed by atoms with van der Waals surface area (Å²) in [6, 6.07) is 17.8. The summed E-state index contributed by atoms with van der Waals surface area (Å²) in [6.45, 7) is 4.79. The Balaban J connectivity index is 0.00000300. The Bertz CT molecular complexity index is 807. The largest absolute Gasteiger partial charge is 0.378 e. The van der Waals surface area contributed by atoms with E-state index >= 15 is 0 Å². The summed E-state index contributed by atoms with van der Waals surface area (Å²) >= 11 is 0. The molecule has 1 unspecified atom stereocenters. The number of benzene rings is 2. The van der Waals surface area contributed by atoms with E-state index in [0.29, 0.717) is 38.8 Å². The molecule has 0 bridgehead atoms. The zero-order valence-corrected chi connectivity index (χ0v) is 19.0. The first-order chi connectivity index (χ1) is 13.7. The maximum Gasteiger partial charge on any atom is 0.232 e. The Kier molecular flexibility index (Phi) is 9.40. The summed E-state index contributed by atoms with van der Waals surface area (Å²) in [5.41, 5.74) is 9.17. The zero-order valence-electron chi connectivity index (χ0n) is 16.7. The Labute approximate surface area is 189 Å². The van der Waals surface area contributed by atoms with Crippen molar-refractivity contribution in [1.29, 1.82) is 0 Å². The average molecular weight is 508 g/mol. The van der Waals surface area contributed by atoms with Gasteiger partial charge in [0.2, 0.25) is 5.91 Å². The van der Waals surface area contributed by atoms with E-state index in [4.69, 9.17) is 10.5 Å². The van der Waals surface area contributed by atoms with Crippen molar-refractivity contribution in [3.63, 3.8) is 0 Å². The van der Waals surface area contributed by atoms with Gasteiger partial charge >= 0.3 is 0 Å². The van der Waals surface area contributed by atoms with Crippen LogP contribution in [0.2, 0.25) is 0 Å². The lowest BCUT2D eigenvalue weighted by atomic mass is 9.97. The molecule has 1 atom stereocenters. The topological polar surface area (TPSA) is 79.9 Å². The molecule has 1 aliphatic heterocycles. The molecule has 6 nitrogen and oxygen atoms in total. The van der Waals surface area contributed by atoms with E-state index in [2.05, 4.69) is 29.4 Å². The molecule has 1 amide bonds. The van der Waals surface area contributed by atoms with Gasteiger partial charge in [0.15, 0.2) is 5.96 Å². The highest BCUT2D eigenvalue weighted by Gasteiger charge is 2.27. The van der Waals surface area contributed by atoms with Crippen LogP contribution in [0.25, 0.3) is 0 Å². The molecule has 2 aromatic rings. The molecule has 0 aliphatic carbocycles. The Hall–Kier alpha value is -2.13. The monoisotopic (exact) mass is 508 g/mol. The van der Waals surface area contributed by atoms with Crippen molar-refractivity contribution in [3.8, 4) is 0 Å². The van der Waals surface area contributed by atoms with Crippen LogP contribution in [-0.2, 0) is 16.0 Å². The molecule has 1 heterocycles. The molecule has 0 radical (unpaired) electrons. The first-order valence-corrected chi connectivity index (χ1v) is 9.74. The van der Waals surface area contributed by atoms with E-state index in [1.807, 2.05) is 47.4 Å². The number of nitrogens with zero attached hydrogens (tertiary/aromatic N) is 2. The van der Waals surface area contributed by atoms with E-state index in [-0.39, 0.29) is 35.8 Å². The van der Waals surface area contributed by atoms with E-state index in [9.17, 15) is 4.79 Å². The fourth-order valence-corrected chi connectivity index (χ4v) is 3.26. The highest BCUT2D eigenvalue weighted by Crippen LogP contribution is 2.20. The number of hydrogen-bond acceptors (Lipinski definition) is 3. The van der Waals surface area contributed by atoms with E-state index in [0.717, 1.165) is 17.7 Å². The number of nitrogens with two attached hydrogens (primary N) is 1. The number of rotatable bonds is 6. The number of carbonyl (C=O) groups excluding carboxylic acids is 1. The Morgan fingerprint density at radius 2 is 1.90 bits per heavy atom. The van der Waals surface area contributed by atoms with Crippen LogP contribution in [0.3, 0.4) is 0 Å². The number of anilines is 1. The van der Waals surface area contributed by atoms with Crippen molar-refractivity contribution in [2.45, 2.75) is 19.3 Å². The van der Waals surface area contributed by atoms with Gasteiger partial charge in [0.1, 0.15) is 0 Å². The van der Waals surface area contributed by atoms with Gasteiger partial charge in [-0.1, -0.05) is 49.4 Å². The molecule has 1 saturated heterocycles. The molecule has 0 saturated carbocycles. The summed E-state index contributed by atoms with van der Waals surface area (Å²) in [5, 5.41) is 3.12. The van der Waals surface area contributed by atoms with Crippen molar-refractivity contribution in [2.24, 2.45) is 10.7 Å². The van der Waals surface area contributed by atoms with Crippen molar-refractivity contribution in [1.82, 2.24) is 4.90 Å². The second-order valence-corrected chi connectivity index (χ2v) is 6.81. The number of halogens is 1. The van der Waals surface area contributed by atoms with Gasteiger partial charge in [0.05, 0.1) is 25.7 Å². The summed E-state index contributed by atoms with van der Waals surface area (Å²) in [4.78, 5) is 19.4. The molecule has 2 aromatic carbocycles. The molecule has 1 aliphatic rings. The number of carbonyl (C=O) groups is 1. The third kappa shape index (κ3) is 6.71. The second kappa shape index (κ2) is 11.8. The van der Waals surface area contributed by atoms with E-state index < -0.39 is 0 Å². The molecular formula is C22H29IN4O2. The van der Waals surface area contributed by atoms with E-state index in [1.165, 1.54) is 5.56 Å². The van der Waals surface area contributed by atoms with Crippen molar-refractivity contribution in [3.05, 3.63) is 65.7 Å². The van der Waals surface area contributed by atoms with Gasteiger partial charge < -0.3 is 20.7 Å². The van der Waals surface area contributed by atoms with Crippen LogP contribution in [0.4, 0.5) is 5.69 Å². The van der Waals surface area contributed by atoms with E-state index in [1.54, 1.807) is 0 Å². The number of aliphatic imine (C=N–C) groups is 1. The fourth-order valence-electron chi connectivity index (χ4n) is 3.26. The number of nitrogens with one attached hydrogen (secondary N) is 1.